The van der Waals surface area contributed by atoms with Gasteiger partial charge in [0.05, 0.1) is 0 Å². The molecular formula is C19H12F2InNO6S2. The summed E-state index contributed by atoms with van der Waals surface area (Å²) in [5.41, 5.74) is 0.460. The summed E-state index contributed by atoms with van der Waals surface area (Å²) < 4.78 is 91.4. The molecule has 0 saturated heterocycles. The molecule has 1 aliphatic rings. The van der Waals surface area contributed by atoms with Gasteiger partial charge in [0, 0.05) is 0 Å². The van der Waals surface area contributed by atoms with Crippen LogP contribution in [0.15, 0.2) is 79.5 Å². The van der Waals surface area contributed by atoms with Gasteiger partial charge in [-0.05, 0) is 0 Å². The van der Waals surface area contributed by atoms with Crippen LogP contribution < -0.4 is 7.50 Å². The fourth-order valence-corrected chi connectivity index (χ4v) is 12.4. The standard InChI is InChI=1S/C13H8FNO3S.C6H5FO3S.In/c14-11-4-2-6-13(8-11)19(16,17)18-12-5-1-3-10(7-12)9-15;7-5-2-1-3-6(4-5)11(8,9)10;/h1-2,4-9H;1-4H,(H,8,9,10);/q-1;;+2/p-1. The Hall–Kier alpha value is -2.28. The summed E-state index contributed by atoms with van der Waals surface area (Å²) >= 11 is -3.64. The van der Waals surface area contributed by atoms with Crippen molar-refractivity contribution in [1.82, 2.24) is 0 Å². The normalized spacial score (nSPS) is 13.3. The van der Waals surface area contributed by atoms with E-state index in [1.54, 1.807) is 0 Å². The number of nitrogens with zero attached hydrogens (tertiary/aromatic N) is 1. The molecule has 158 valence electrons. The zero-order valence-corrected chi connectivity index (χ0v) is 20.4. The van der Waals surface area contributed by atoms with Crippen LogP contribution in [0.25, 0.3) is 0 Å². The molecule has 0 atom stereocenters. The third-order valence-corrected chi connectivity index (χ3v) is 14.7. The van der Waals surface area contributed by atoms with Gasteiger partial charge in [-0.2, -0.15) is 0 Å². The zero-order valence-electron chi connectivity index (χ0n) is 15.5. The molecular weight excluding hydrogens is 555 g/mol. The summed E-state index contributed by atoms with van der Waals surface area (Å²) in [6, 6.07) is 13.0. The molecule has 4 rings (SSSR count). The van der Waals surface area contributed by atoms with E-state index in [1.807, 2.05) is 0 Å². The molecule has 0 aliphatic carbocycles. The Labute approximate surface area is 185 Å². The number of fused-ring (bicyclic) bond motifs is 1. The van der Waals surface area contributed by atoms with Crippen LogP contribution in [0.4, 0.5) is 8.78 Å². The Morgan fingerprint density at radius 3 is 2.00 bits per heavy atom. The van der Waals surface area contributed by atoms with Crippen molar-refractivity contribution in [2.75, 3.05) is 0 Å². The van der Waals surface area contributed by atoms with Crippen LogP contribution in [-0.2, 0) is 22.5 Å². The molecule has 12 heteroatoms. The molecule has 31 heavy (non-hydrogen) atoms. The maximum atomic E-state index is 13.4. The van der Waals surface area contributed by atoms with Crippen LogP contribution in [0.2, 0.25) is 0 Å². The Balaban J connectivity index is 1.55. The monoisotopic (exact) mass is 567 g/mol. The van der Waals surface area contributed by atoms with Gasteiger partial charge < -0.3 is 0 Å². The van der Waals surface area contributed by atoms with E-state index in [1.165, 1.54) is 48.7 Å². The molecule has 0 radical (unpaired) electrons. The Kier molecular flexibility index (Phi) is 5.90. The van der Waals surface area contributed by atoms with Gasteiger partial charge in [0.25, 0.3) is 0 Å². The van der Waals surface area contributed by atoms with E-state index in [4.69, 9.17) is 6.48 Å². The topological polar surface area (TPSA) is 99.1 Å². The van der Waals surface area contributed by atoms with Gasteiger partial charge in [-0.25, -0.2) is 0 Å². The number of hydrogen-bond donors (Lipinski definition) is 0. The Morgan fingerprint density at radius 1 is 0.774 bits per heavy atom. The van der Waals surface area contributed by atoms with Gasteiger partial charge in [0.2, 0.25) is 0 Å². The Bertz CT molecular complexity index is 1410. The van der Waals surface area contributed by atoms with E-state index in [2.05, 4.69) is 2.98 Å². The summed E-state index contributed by atoms with van der Waals surface area (Å²) in [6.45, 7) is 0. The van der Waals surface area contributed by atoms with Crippen molar-refractivity contribution in [2.24, 2.45) is 2.98 Å². The predicted octanol–water partition coefficient (Wildman–Crippen LogP) is 2.27. The van der Waals surface area contributed by atoms with Crippen LogP contribution >= 0.6 is 0 Å². The summed E-state index contributed by atoms with van der Waals surface area (Å²) in [6.07, 6.45) is 1.39. The van der Waals surface area contributed by atoms with Crippen molar-refractivity contribution in [3.8, 4) is 5.75 Å². The third-order valence-electron chi connectivity index (χ3n) is 4.27. The predicted molar refractivity (Wildman–Crippen MR) is 108 cm³/mol. The average molecular weight is 567 g/mol. The second kappa shape index (κ2) is 8.34. The second-order valence-corrected chi connectivity index (χ2v) is 15.8. The average Bonchev–Trinajstić information content (AvgIpc) is 3.09. The van der Waals surface area contributed by atoms with Gasteiger partial charge in [0.1, 0.15) is 0 Å². The van der Waals surface area contributed by atoms with Crippen LogP contribution in [0.5, 0.6) is 5.75 Å². The van der Waals surface area contributed by atoms with E-state index in [0.717, 1.165) is 24.3 Å². The van der Waals surface area contributed by atoms with E-state index in [9.17, 15) is 25.6 Å². The minimum atomic E-state index is -4.27. The molecule has 0 aromatic heterocycles. The van der Waals surface area contributed by atoms with Crippen molar-refractivity contribution >= 4 is 51.9 Å². The molecule has 0 fully saturated rings. The molecule has 0 N–H and O–H groups in total. The summed E-state index contributed by atoms with van der Waals surface area (Å²) in [5, 5.41) is 0. The van der Waals surface area contributed by atoms with Crippen LogP contribution in [0, 0.1) is 11.6 Å². The first-order valence-corrected chi connectivity index (χ1v) is 16.0. The molecule has 1 aliphatic heterocycles. The zero-order chi connectivity index (χ0) is 22.2. The number of hydrogen-bond acceptors (Lipinski definition) is 7. The van der Waals surface area contributed by atoms with Gasteiger partial charge in [-0.3, -0.25) is 0 Å². The molecule has 3 aromatic carbocycles. The van der Waals surface area contributed by atoms with Gasteiger partial charge in [-0.15, -0.1) is 0 Å². The van der Waals surface area contributed by atoms with E-state index in [-0.39, 0.29) is 15.5 Å². The Morgan fingerprint density at radius 2 is 1.39 bits per heavy atom. The fraction of sp³-hybridized carbons (Fsp3) is 0. The second-order valence-electron chi connectivity index (χ2n) is 6.42. The fourth-order valence-electron chi connectivity index (χ4n) is 2.84. The van der Waals surface area contributed by atoms with Gasteiger partial charge in [0.15, 0.2) is 0 Å². The molecule has 0 spiro atoms. The van der Waals surface area contributed by atoms with Crippen molar-refractivity contribution in [3.05, 3.63) is 83.9 Å². The summed E-state index contributed by atoms with van der Waals surface area (Å²) in [7, 11) is -8.48. The third kappa shape index (κ3) is 4.81. The van der Waals surface area contributed by atoms with Crippen LogP contribution in [0.1, 0.15) is 5.56 Å². The quantitative estimate of drug-likeness (QED) is 0.424. The first-order chi connectivity index (χ1) is 14.6. The molecule has 0 saturated carbocycles. The van der Waals surface area contributed by atoms with E-state index in [0.29, 0.717) is 8.88 Å². The van der Waals surface area contributed by atoms with E-state index >= 15 is 0 Å². The van der Waals surface area contributed by atoms with Crippen molar-refractivity contribution in [1.29, 1.82) is 0 Å². The van der Waals surface area contributed by atoms with Gasteiger partial charge in [-0.1, -0.05) is 0 Å². The first-order valence-electron chi connectivity index (χ1n) is 8.70. The molecule has 0 bridgehead atoms. The maximum absolute atomic E-state index is 13.4. The molecule has 0 unspecified atom stereocenters. The minimum absolute atomic E-state index is 0.0469. The van der Waals surface area contributed by atoms with Crippen molar-refractivity contribution in [2.45, 2.75) is 9.79 Å². The molecule has 0 amide bonds. The van der Waals surface area contributed by atoms with Crippen molar-refractivity contribution < 1.29 is 32.1 Å². The van der Waals surface area contributed by atoms with Gasteiger partial charge >= 0.3 is 186 Å². The summed E-state index contributed by atoms with van der Waals surface area (Å²) in [4.78, 5) is -0.655. The molecule has 1 heterocycles. The SMILES string of the molecule is O=S(=O)(Oc1cc[c]2c(c1)C=[N][In]2[O]S(=O)(=O)c1cccc(F)c1)c1cccc(F)c1. The number of rotatable bonds is 6. The van der Waals surface area contributed by atoms with Crippen LogP contribution in [-0.4, -0.2) is 45.2 Å². The first kappa shape index (κ1) is 21.9. The van der Waals surface area contributed by atoms with E-state index < -0.39 is 54.0 Å². The molecule has 7 nitrogen and oxygen atoms in total. The molecule has 3 aromatic rings. The summed E-state index contributed by atoms with van der Waals surface area (Å²) in [5.74, 6) is -1.48. The van der Waals surface area contributed by atoms with Crippen molar-refractivity contribution in [3.63, 3.8) is 0 Å². The number of benzene rings is 3. The van der Waals surface area contributed by atoms with Crippen LogP contribution in [0.3, 0.4) is 0 Å². The number of halogens is 2.